The number of nitrogens with zero attached hydrogens (tertiary/aromatic N) is 3. The zero-order chi connectivity index (χ0) is 15.4. The van der Waals surface area contributed by atoms with Crippen LogP contribution >= 0.6 is 0 Å². The summed E-state index contributed by atoms with van der Waals surface area (Å²) in [5, 5.41) is 9.32. The van der Waals surface area contributed by atoms with Crippen molar-refractivity contribution in [2.24, 2.45) is 7.05 Å². The molecule has 1 aromatic carbocycles. The van der Waals surface area contributed by atoms with Crippen molar-refractivity contribution in [3.05, 3.63) is 30.1 Å². The zero-order valence-corrected chi connectivity index (χ0v) is 12.3. The number of imidazole rings is 1. The second-order valence-electron chi connectivity index (χ2n) is 4.64. The van der Waals surface area contributed by atoms with Crippen LogP contribution in [0.25, 0.3) is 11.0 Å². The van der Waals surface area contributed by atoms with Gasteiger partial charge < -0.3 is 19.1 Å². The van der Waals surface area contributed by atoms with Crippen molar-refractivity contribution in [1.82, 2.24) is 14.5 Å². The lowest BCUT2D eigenvalue weighted by Crippen LogP contribution is -2.38. The minimum Gasteiger partial charge on any atom is -0.465 e. The number of rotatable bonds is 6. The van der Waals surface area contributed by atoms with E-state index in [2.05, 4.69) is 4.98 Å². The van der Waals surface area contributed by atoms with E-state index in [0.717, 1.165) is 11.0 Å². The van der Waals surface area contributed by atoms with E-state index in [4.69, 9.17) is 9.47 Å². The largest absolute Gasteiger partial charge is 0.465 e. The lowest BCUT2D eigenvalue weighted by Gasteiger charge is -2.23. The van der Waals surface area contributed by atoms with Crippen molar-refractivity contribution >= 4 is 17.1 Å². The van der Waals surface area contributed by atoms with E-state index in [1.165, 1.54) is 19.1 Å². The molecule has 114 valence electrons. The monoisotopic (exact) mass is 293 g/mol. The number of aromatic nitrogens is 2. The number of carbonyl (C=O) groups is 1. The summed E-state index contributed by atoms with van der Waals surface area (Å²) in [6, 6.07) is 7.68. The second kappa shape index (κ2) is 6.55. The fraction of sp³-hybridized carbons (Fsp3) is 0.429. The van der Waals surface area contributed by atoms with Crippen LogP contribution in [0.3, 0.4) is 0 Å². The fourth-order valence-corrected chi connectivity index (χ4v) is 2.14. The minimum atomic E-state index is -1.04. The number of fused-ring (bicyclic) bond motifs is 1. The maximum absolute atomic E-state index is 11.4. The van der Waals surface area contributed by atoms with Crippen molar-refractivity contribution in [3.8, 4) is 0 Å². The third-order valence-corrected chi connectivity index (χ3v) is 3.38. The van der Waals surface area contributed by atoms with Crippen LogP contribution < -0.4 is 0 Å². The number of ether oxygens (including phenoxy) is 2. The molecule has 1 N–H and O–H groups in total. The Kier molecular flexibility index (Phi) is 4.77. The molecule has 0 atom stereocenters. The molecule has 0 saturated heterocycles. The van der Waals surface area contributed by atoms with E-state index in [1.807, 2.05) is 35.9 Å². The molecule has 0 unspecified atom stereocenters. The molecule has 1 amide bonds. The van der Waals surface area contributed by atoms with E-state index >= 15 is 0 Å². The average Bonchev–Trinajstić information content (AvgIpc) is 2.80. The van der Waals surface area contributed by atoms with Gasteiger partial charge in [-0.2, -0.15) is 0 Å². The molecule has 1 aromatic heterocycles. The number of amides is 1. The predicted molar refractivity (Wildman–Crippen MR) is 77.0 cm³/mol. The fourth-order valence-electron chi connectivity index (χ4n) is 2.14. The summed E-state index contributed by atoms with van der Waals surface area (Å²) < 4.78 is 12.0. The molecule has 0 radical (unpaired) electrons. The van der Waals surface area contributed by atoms with Gasteiger partial charge in [-0.1, -0.05) is 12.1 Å². The molecule has 7 heteroatoms. The van der Waals surface area contributed by atoms with Gasteiger partial charge in [0, 0.05) is 21.3 Å². The first-order chi connectivity index (χ1) is 10.1. The normalized spacial score (nSPS) is 11.2. The molecule has 1 heterocycles. The standard InChI is InChI=1S/C14H19N3O4/c1-16-11-7-5-4-6-10(11)15-12(16)8-17(14(18)19)9-13(20-2)21-3/h4-7,13H,8-9H2,1-3H3,(H,18,19). The summed E-state index contributed by atoms with van der Waals surface area (Å²) in [5.74, 6) is 0.671. The van der Waals surface area contributed by atoms with Crippen molar-refractivity contribution in [2.45, 2.75) is 12.8 Å². The highest BCUT2D eigenvalue weighted by atomic mass is 16.7. The Labute approximate surface area is 122 Å². The van der Waals surface area contributed by atoms with E-state index in [0.29, 0.717) is 5.82 Å². The molecule has 21 heavy (non-hydrogen) atoms. The maximum Gasteiger partial charge on any atom is 0.407 e. The Morgan fingerprint density at radius 1 is 1.38 bits per heavy atom. The smallest absolute Gasteiger partial charge is 0.407 e. The van der Waals surface area contributed by atoms with Gasteiger partial charge in [-0.05, 0) is 12.1 Å². The molecule has 0 saturated carbocycles. The number of carboxylic acid groups (broad SMARTS) is 1. The van der Waals surface area contributed by atoms with Gasteiger partial charge in [0.1, 0.15) is 5.82 Å². The van der Waals surface area contributed by atoms with E-state index in [9.17, 15) is 9.90 Å². The van der Waals surface area contributed by atoms with E-state index in [-0.39, 0.29) is 13.1 Å². The highest BCUT2D eigenvalue weighted by molar-refractivity contribution is 5.75. The molecule has 0 spiro atoms. The first-order valence-corrected chi connectivity index (χ1v) is 6.50. The topological polar surface area (TPSA) is 76.8 Å². The van der Waals surface area contributed by atoms with Crippen LogP contribution in [0.15, 0.2) is 24.3 Å². The lowest BCUT2D eigenvalue weighted by atomic mass is 10.3. The summed E-state index contributed by atoms with van der Waals surface area (Å²) in [6.07, 6.45) is -1.64. The van der Waals surface area contributed by atoms with Crippen LogP contribution in [-0.2, 0) is 23.1 Å². The van der Waals surface area contributed by atoms with Gasteiger partial charge in [0.15, 0.2) is 6.29 Å². The molecule has 2 aromatic rings. The van der Waals surface area contributed by atoms with Gasteiger partial charge in [0.2, 0.25) is 0 Å². The quantitative estimate of drug-likeness (QED) is 0.820. The first kappa shape index (κ1) is 15.3. The van der Waals surface area contributed by atoms with Crippen molar-refractivity contribution < 1.29 is 19.4 Å². The number of para-hydroxylation sites is 2. The van der Waals surface area contributed by atoms with Crippen LogP contribution in [0, 0.1) is 0 Å². The van der Waals surface area contributed by atoms with E-state index < -0.39 is 12.4 Å². The summed E-state index contributed by atoms with van der Waals surface area (Å²) in [7, 11) is 4.82. The van der Waals surface area contributed by atoms with Crippen LogP contribution in [0.1, 0.15) is 5.82 Å². The Bertz CT molecular complexity index is 622. The molecule has 0 aliphatic rings. The van der Waals surface area contributed by atoms with Crippen molar-refractivity contribution in [1.29, 1.82) is 0 Å². The Morgan fingerprint density at radius 2 is 2.05 bits per heavy atom. The molecule has 0 fully saturated rings. The molecule has 0 bridgehead atoms. The molecule has 0 aliphatic carbocycles. The van der Waals surface area contributed by atoms with Gasteiger partial charge in [0.05, 0.1) is 24.1 Å². The molecule has 0 aliphatic heterocycles. The van der Waals surface area contributed by atoms with Crippen LogP contribution in [0.2, 0.25) is 0 Å². The Balaban J connectivity index is 2.22. The summed E-state index contributed by atoms with van der Waals surface area (Å²) in [5.41, 5.74) is 1.81. The number of hydrogen-bond acceptors (Lipinski definition) is 4. The summed E-state index contributed by atoms with van der Waals surface area (Å²) in [4.78, 5) is 17.1. The van der Waals surface area contributed by atoms with E-state index in [1.54, 1.807) is 0 Å². The summed E-state index contributed by atoms with van der Waals surface area (Å²) in [6.45, 7) is 0.287. The minimum absolute atomic E-state index is 0.117. The van der Waals surface area contributed by atoms with Gasteiger partial charge in [-0.25, -0.2) is 9.78 Å². The lowest BCUT2D eigenvalue weighted by molar-refractivity contribution is -0.114. The summed E-state index contributed by atoms with van der Waals surface area (Å²) >= 11 is 0. The average molecular weight is 293 g/mol. The SMILES string of the molecule is COC(CN(Cc1nc2ccccc2n1C)C(=O)O)OC. The zero-order valence-electron chi connectivity index (χ0n) is 12.3. The molecular weight excluding hydrogens is 274 g/mol. The third-order valence-electron chi connectivity index (χ3n) is 3.38. The Morgan fingerprint density at radius 3 is 2.62 bits per heavy atom. The highest BCUT2D eigenvalue weighted by Crippen LogP contribution is 2.16. The van der Waals surface area contributed by atoms with Gasteiger partial charge in [0.25, 0.3) is 0 Å². The van der Waals surface area contributed by atoms with Gasteiger partial charge in [-0.15, -0.1) is 0 Å². The number of aryl methyl sites for hydroxylation is 1. The maximum atomic E-state index is 11.4. The number of hydrogen-bond donors (Lipinski definition) is 1. The van der Waals surface area contributed by atoms with Crippen LogP contribution in [0.5, 0.6) is 0 Å². The molecule has 2 rings (SSSR count). The first-order valence-electron chi connectivity index (χ1n) is 6.50. The van der Waals surface area contributed by atoms with Crippen molar-refractivity contribution in [3.63, 3.8) is 0 Å². The third kappa shape index (κ3) is 3.32. The van der Waals surface area contributed by atoms with Gasteiger partial charge >= 0.3 is 6.09 Å². The molecular formula is C14H19N3O4. The number of methoxy groups -OCH3 is 2. The number of benzene rings is 1. The van der Waals surface area contributed by atoms with Crippen LogP contribution in [-0.4, -0.2) is 52.7 Å². The van der Waals surface area contributed by atoms with Gasteiger partial charge in [-0.3, -0.25) is 4.90 Å². The molecule has 7 nitrogen and oxygen atoms in total. The predicted octanol–water partition coefficient (Wildman–Crippen LogP) is 1.67. The second-order valence-corrected chi connectivity index (χ2v) is 4.64. The Hall–Kier alpha value is -2.12. The highest BCUT2D eigenvalue weighted by Gasteiger charge is 2.20. The van der Waals surface area contributed by atoms with Crippen LogP contribution in [0.4, 0.5) is 4.79 Å². The van der Waals surface area contributed by atoms with Crippen molar-refractivity contribution in [2.75, 3.05) is 20.8 Å².